The summed E-state index contributed by atoms with van der Waals surface area (Å²) in [5, 5.41) is 13.3. The molecule has 14 heavy (non-hydrogen) atoms. The van der Waals surface area contributed by atoms with E-state index < -0.39 is 4.92 Å². The van der Waals surface area contributed by atoms with Crippen LogP contribution in [0, 0.1) is 17.0 Å². The van der Waals surface area contributed by atoms with E-state index in [1.54, 1.807) is 19.2 Å². The smallest absolute Gasteiger partial charge is 0.292 e. The Labute approximate surface area is 84.1 Å². The van der Waals surface area contributed by atoms with Crippen LogP contribution in [0.5, 0.6) is 0 Å². The van der Waals surface area contributed by atoms with Crippen molar-refractivity contribution in [3.63, 3.8) is 0 Å². The van der Waals surface area contributed by atoms with Gasteiger partial charge < -0.3 is 5.32 Å². The summed E-state index contributed by atoms with van der Waals surface area (Å²) in [5.41, 5.74) is 1.56. The first-order valence-corrected chi connectivity index (χ1v) is 4.58. The largest absolute Gasteiger partial charge is 0.383 e. The van der Waals surface area contributed by atoms with Crippen LogP contribution in [0.25, 0.3) is 0 Å². The van der Waals surface area contributed by atoms with E-state index in [9.17, 15) is 10.1 Å². The number of nitrogens with zero attached hydrogens (tertiary/aromatic N) is 1. The molecule has 0 spiro atoms. The van der Waals surface area contributed by atoms with Crippen molar-refractivity contribution in [2.75, 3.05) is 12.4 Å². The summed E-state index contributed by atoms with van der Waals surface area (Å²) < 4.78 is 0. The Morgan fingerprint density at radius 1 is 1.36 bits per heavy atom. The quantitative estimate of drug-likeness (QED) is 0.584. The topological polar surface area (TPSA) is 55.2 Å². The van der Waals surface area contributed by atoms with Crippen molar-refractivity contribution < 1.29 is 4.92 Å². The molecule has 0 aliphatic carbocycles. The zero-order chi connectivity index (χ0) is 11.1. The number of rotatable bonds is 2. The van der Waals surface area contributed by atoms with Gasteiger partial charge in [0, 0.05) is 13.1 Å². The van der Waals surface area contributed by atoms with Crippen molar-refractivity contribution in [2.45, 2.75) is 20.8 Å². The zero-order valence-corrected chi connectivity index (χ0v) is 9.00. The average molecular weight is 196 g/mol. The first-order chi connectivity index (χ1) is 6.65. The van der Waals surface area contributed by atoms with E-state index in [1.807, 2.05) is 26.8 Å². The fourth-order valence-electron chi connectivity index (χ4n) is 1.00. The minimum atomic E-state index is -0.390. The summed E-state index contributed by atoms with van der Waals surface area (Å²) in [5.74, 6) is 0. The highest BCUT2D eigenvalue weighted by atomic mass is 16.6. The van der Waals surface area contributed by atoms with Crippen LogP contribution in [0.4, 0.5) is 11.4 Å². The normalized spacial score (nSPS) is 8.57. The molecular formula is C10H16N2O2. The lowest BCUT2D eigenvalue weighted by molar-refractivity contribution is -0.384. The maximum absolute atomic E-state index is 10.5. The molecule has 1 N–H and O–H groups in total. The molecule has 1 rings (SSSR count). The van der Waals surface area contributed by atoms with E-state index in [4.69, 9.17) is 0 Å². The number of nitro groups is 1. The van der Waals surface area contributed by atoms with Gasteiger partial charge in [-0.1, -0.05) is 19.9 Å². The Hall–Kier alpha value is -1.58. The molecule has 0 aliphatic rings. The van der Waals surface area contributed by atoms with Gasteiger partial charge in [0.1, 0.15) is 5.69 Å². The molecule has 4 heteroatoms. The highest BCUT2D eigenvalue weighted by Crippen LogP contribution is 2.24. The Morgan fingerprint density at radius 2 is 1.93 bits per heavy atom. The molecule has 0 unspecified atom stereocenters. The third kappa shape index (κ3) is 3.05. The van der Waals surface area contributed by atoms with Gasteiger partial charge >= 0.3 is 0 Å². The van der Waals surface area contributed by atoms with Gasteiger partial charge in [-0.2, -0.15) is 0 Å². The first-order valence-electron chi connectivity index (χ1n) is 4.58. The van der Waals surface area contributed by atoms with Crippen LogP contribution in [0.2, 0.25) is 0 Å². The molecule has 0 aliphatic heterocycles. The lowest BCUT2D eigenvalue weighted by atomic mass is 10.2. The molecule has 0 heterocycles. The minimum absolute atomic E-state index is 0.123. The Balaban J connectivity index is 0.000000791. The highest BCUT2D eigenvalue weighted by Gasteiger charge is 2.11. The number of hydrogen-bond donors (Lipinski definition) is 1. The summed E-state index contributed by atoms with van der Waals surface area (Å²) in [7, 11) is 1.66. The number of benzene rings is 1. The standard InChI is InChI=1S/C8H10N2O2.C2H6/c1-6-3-4-7(9-2)8(5-6)10(11)12;1-2/h3-5,9H,1-2H3;1-2H3. The molecule has 0 saturated heterocycles. The van der Waals surface area contributed by atoms with E-state index in [1.165, 1.54) is 0 Å². The summed E-state index contributed by atoms with van der Waals surface area (Å²) in [6.45, 7) is 5.83. The lowest BCUT2D eigenvalue weighted by Crippen LogP contribution is -1.96. The maximum Gasteiger partial charge on any atom is 0.292 e. The van der Waals surface area contributed by atoms with Gasteiger partial charge in [0.2, 0.25) is 0 Å². The fraction of sp³-hybridized carbons (Fsp3) is 0.400. The van der Waals surface area contributed by atoms with Gasteiger partial charge in [-0.15, -0.1) is 0 Å². The van der Waals surface area contributed by atoms with Gasteiger partial charge in [-0.05, 0) is 18.6 Å². The van der Waals surface area contributed by atoms with Crippen molar-refractivity contribution in [3.8, 4) is 0 Å². The predicted octanol–water partition coefficient (Wildman–Crippen LogP) is 2.97. The molecule has 0 aromatic heterocycles. The summed E-state index contributed by atoms with van der Waals surface area (Å²) in [4.78, 5) is 10.1. The van der Waals surface area contributed by atoms with Crippen molar-refractivity contribution in [3.05, 3.63) is 33.9 Å². The molecule has 0 saturated carbocycles. The van der Waals surface area contributed by atoms with Crippen LogP contribution in [-0.4, -0.2) is 12.0 Å². The maximum atomic E-state index is 10.5. The highest BCUT2D eigenvalue weighted by molar-refractivity contribution is 5.62. The SMILES string of the molecule is CC.CNc1ccc(C)cc1[N+](=O)[O-]. The Kier molecular flexibility index (Phi) is 5.29. The third-order valence-corrected chi connectivity index (χ3v) is 1.62. The van der Waals surface area contributed by atoms with E-state index in [-0.39, 0.29) is 5.69 Å². The number of nitro benzene ring substituents is 1. The van der Waals surface area contributed by atoms with Gasteiger partial charge in [0.05, 0.1) is 4.92 Å². The van der Waals surface area contributed by atoms with Crippen LogP contribution in [-0.2, 0) is 0 Å². The van der Waals surface area contributed by atoms with Crippen LogP contribution in [0.15, 0.2) is 18.2 Å². The van der Waals surface area contributed by atoms with Crippen molar-refractivity contribution in [1.29, 1.82) is 0 Å². The average Bonchev–Trinajstić information content (AvgIpc) is 2.20. The Morgan fingerprint density at radius 3 is 2.36 bits per heavy atom. The number of anilines is 1. The van der Waals surface area contributed by atoms with Crippen LogP contribution < -0.4 is 5.32 Å². The monoisotopic (exact) mass is 196 g/mol. The molecular weight excluding hydrogens is 180 g/mol. The Bertz CT molecular complexity index is 311. The molecule has 0 bridgehead atoms. The van der Waals surface area contributed by atoms with Crippen molar-refractivity contribution in [1.82, 2.24) is 0 Å². The molecule has 0 fully saturated rings. The van der Waals surface area contributed by atoms with Gasteiger partial charge in [-0.25, -0.2) is 0 Å². The van der Waals surface area contributed by atoms with Gasteiger partial charge in [-0.3, -0.25) is 10.1 Å². The predicted molar refractivity (Wildman–Crippen MR) is 58.7 cm³/mol. The zero-order valence-electron chi connectivity index (χ0n) is 9.00. The van der Waals surface area contributed by atoms with Crippen molar-refractivity contribution in [2.24, 2.45) is 0 Å². The number of nitrogens with one attached hydrogen (secondary N) is 1. The van der Waals surface area contributed by atoms with Gasteiger partial charge in [0.25, 0.3) is 5.69 Å². The number of hydrogen-bond acceptors (Lipinski definition) is 3. The van der Waals surface area contributed by atoms with Gasteiger partial charge in [0.15, 0.2) is 0 Å². The second-order valence-electron chi connectivity index (χ2n) is 2.53. The van der Waals surface area contributed by atoms with Crippen molar-refractivity contribution >= 4 is 11.4 Å². The second kappa shape index (κ2) is 5.96. The van der Waals surface area contributed by atoms with E-state index >= 15 is 0 Å². The molecule has 1 aromatic carbocycles. The van der Waals surface area contributed by atoms with Crippen LogP contribution >= 0.6 is 0 Å². The lowest BCUT2D eigenvalue weighted by Gasteiger charge is -2.01. The summed E-state index contributed by atoms with van der Waals surface area (Å²) in [6, 6.07) is 5.08. The molecule has 78 valence electrons. The molecule has 0 amide bonds. The van der Waals surface area contributed by atoms with E-state index in [0.717, 1.165) is 5.56 Å². The molecule has 1 aromatic rings. The van der Waals surface area contributed by atoms with E-state index in [2.05, 4.69) is 5.32 Å². The summed E-state index contributed by atoms with van der Waals surface area (Å²) >= 11 is 0. The fourth-order valence-corrected chi connectivity index (χ4v) is 1.00. The number of aryl methyl sites for hydroxylation is 1. The molecule has 0 atom stereocenters. The van der Waals surface area contributed by atoms with Crippen LogP contribution in [0.1, 0.15) is 19.4 Å². The molecule has 4 nitrogen and oxygen atoms in total. The third-order valence-electron chi connectivity index (χ3n) is 1.62. The first kappa shape index (κ1) is 12.4. The molecule has 0 radical (unpaired) electrons. The van der Waals surface area contributed by atoms with E-state index in [0.29, 0.717) is 5.69 Å². The summed E-state index contributed by atoms with van der Waals surface area (Å²) in [6.07, 6.45) is 0. The second-order valence-corrected chi connectivity index (χ2v) is 2.53. The van der Waals surface area contributed by atoms with Crippen LogP contribution in [0.3, 0.4) is 0 Å². The minimum Gasteiger partial charge on any atom is -0.383 e.